The number of pyridine rings is 1. The largest absolute Gasteiger partial charge is 0.490 e. The van der Waals surface area contributed by atoms with E-state index in [-0.39, 0.29) is 5.78 Å². The van der Waals surface area contributed by atoms with Crippen LogP contribution in [0.15, 0.2) is 69.9 Å². The smallest absolute Gasteiger partial charge is 0.142 e. The average Bonchev–Trinajstić information content (AvgIpc) is 3.30. The highest BCUT2D eigenvalue weighted by Crippen LogP contribution is 2.38. The number of carbonyl (C=O) groups is 1. The molecule has 4 aromatic rings. The van der Waals surface area contributed by atoms with Gasteiger partial charge in [-0.2, -0.15) is 10.5 Å². The molecular formula is C27H21N3O3S2. The molecule has 8 heteroatoms. The van der Waals surface area contributed by atoms with Crippen molar-refractivity contribution in [2.75, 3.05) is 20.3 Å². The number of fused-ring (bicyclic) bond motifs is 1. The van der Waals surface area contributed by atoms with Gasteiger partial charge in [0.2, 0.25) is 0 Å². The van der Waals surface area contributed by atoms with Crippen molar-refractivity contribution < 1.29 is 14.3 Å². The van der Waals surface area contributed by atoms with Crippen molar-refractivity contribution in [1.29, 1.82) is 10.5 Å². The highest BCUT2D eigenvalue weighted by Gasteiger charge is 2.13. The van der Waals surface area contributed by atoms with Crippen LogP contribution in [0.4, 0.5) is 0 Å². The number of ketones is 1. The van der Waals surface area contributed by atoms with Crippen molar-refractivity contribution in [1.82, 2.24) is 4.98 Å². The Morgan fingerprint density at radius 3 is 2.60 bits per heavy atom. The molecule has 2 heterocycles. The molecule has 0 atom stereocenters. The van der Waals surface area contributed by atoms with Crippen LogP contribution in [0.3, 0.4) is 0 Å². The summed E-state index contributed by atoms with van der Waals surface area (Å²) in [7, 11) is 1.60. The lowest BCUT2D eigenvalue weighted by atomic mass is 10.1. The summed E-state index contributed by atoms with van der Waals surface area (Å²) in [6.45, 7) is 0.788. The first-order valence-electron chi connectivity index (χ1n) is 10.8. The highest BCUT2D eigenvalue weighted by atomic mass is 32.2. The minimum absolute atomic E-state index is 0.127. The van der Waals surface area contributed by atoms with Gasteiger partial charge in [-0.25, -0.2) is 0 Å². The number of nitriles is 2. The normalized spacial score (nSPS) is 10.6. The monoisotopic (exact) mass is 499 g/mol. The van der Waals surface area contributed by atoms with Crippen LogP contribution in [0.1, 0.15) is 21.6 Å². The van der Waals surface area contributed by atoms with Gasteiger partial charge in [0.15, 0.2) is 0 Å². The Balaban J connectivity index is 1.46. The Hall–Kier alpha value is -3.69. The summed E-state index contributed by atoms with van der Waals surface area (Å²) in [4.78, 5) is 19.0. The Bertz CT molecular complexity index is 1430. The third-order valence-electron chi connectivity index (χ3n) is 5.17. The summed E-state index contributed by atoms with van der Waals surface area (Å²) >= 11 is 3.17. The van der Waals surface area contributed by atoms with E-state index in [4.69, 9.17) is 14.7 Å². The first-order chi connectivity index (χ1) is 17.1. The van der Waals surface area contributed by atoms with Gasteiger partial charge in [0.25, 0.3) is 0 Å². The molecule has 2 aromatic carbocycles. The number of Topliss-reactive ketones (excluding diaryl/α,β-unsaturated/α-hetero) is 1. The fourth-order valence-corrected chi connectivity index (χ4v) is 5.75. The minimum atomic E-state index is 0.127. The number of carbonyl (C=O) groups excluding carboxylic acids is 1. The molecule has 0 aliphatic rings. The van der Waals surface area contributed by atoms with E-state index in [1.807, 2.05) is 36.4 Å². The Labute approximate surface area is 211 Å². The molecule has 0 N–H and O–H groups in total. The molecule has 0 saturated heterocycles. The van der Waals surface area contributed by atoms with E-state index in [9.17, 15) is 10.1 Å². The average molecular weight is 500 g/mol. The van der Waals surface area contributed by atoms with E-state index in [0.717, 1.165) is 30.4 Å². The van der Waals surface area contributed by atoms with Gasteiger partial charge < -0.3 is 9.47 Å². The first kappa shape index (κ1) is 24.4. The molecule has 0 saturated carbocycles. The summed E-state index contributed by atoms with van der Waals surface area (Å²) in [5, 5.41) is 19.4. The second-order valence-electron chi connectivity index (χ2n) is 7.65. The number of aromatic nitrogens is 1. The lowest BCUT2D eigenvalue weighted by Crippen LogP contribution is -2.05. The van der Waals surface area contributed by atoms with Crippen LogP contribution in [-0.2, 0) is 22.4 Å². The maximum Gasteiger partial charge on any atom is 0.142 e. The lowest BCUT2D eigenvalue weighted by Gasteiger charge is -2.10. The fraction of sp³-hybridized carbons (Fsp3) is 0.185. The van der Waals surface area contributed by atoms with E-state index in [2.05, 4.69) is 17.1 Å². The summed E-state index contributed by atoms with van der Waals surface area (Å²) in [6.07, 6.45) is 2.45. The summed E-state index contributed by atoms with van der Waals surface area (Å²) < 4.78 is 11.8. The number of methoxy groups -OCH3 is 1. The van der Waals surface area contributed by atoms with E-state index >= 15 is 0 Å². The number of hydrogen-bond acceptors (Lipinski definition) is 8. The second kappa shape index (κ2) is 11.6. The molecule has 0 spiro atoms. The van der Waals surface area contributed by atoms with Crippen molar-refractivity contribution in [2.24, 2.45) is 0 Å². The first-order valence-corrected chi connectivity index (χ1v) is 12.4. The van der Waals surface area contributed by atoms with Crippen LogP contribution in [-0.4, -0.2) is 31.1 Å². The molecule has 0 fully saturated rings. The molecule has 0 amide bonds. The Kier molecular flexibility index (Phi) is 8.12. The zero-order valence-electron chi connectivity index (χ0n) is 19.0. The van der Waals surface area contributed by atoms with E-state index in [1.54, 1.807) is 54.6 Å². The zero-order valence-corrected chi connectivity index (χ0v) is 20.6. The predicted octanol–water partition coefficient (Wildman–Crippen LogP) is 5.57. The van der Waals surface area contributed by atoms with Gasteiger partial charge in [-0.05, 0) is 42.0 Å². The van der Waals surface area contributed by atoms with Crippen LogP contribution >= 0.6 is 23.1 Å². The molecule has 0 bridgehead atoms. The van der Waals surface area contributed by atoms with Crippen LogP contribution < -0.4 is 4.74 Å². The molecular weight excluding hydrogens is 478 g/mol. The van der Waals surface area contributed by atoms with Crippen molar-refractivity contribution in [2.45, 2.75) is 21.9 Å². The fourth-order valence-electron chi connectivity index (χ4n) is 3.48. The van der Waals surface area contributed by atoms with Gasteiger partial charge in [-0.3, -0.25) is 9.78 Å². The Morgan fingerprint density at radius 1 is 1.03 bits per heavy atom. The lowest BCUT2D eigenvalue weighted by molar-refractivity contribution is -0.117. The Morgan fingerprint density at radius 2 is 1.86 bits per heavy atom. The van der Waals surface area contributed by atoms with Gasteiger partial charge in [0.1, 0.15) is 24.2 Å². The van der Waals surface area contributed by atoms with Gasteiger partial charge in [-0.15, -0.1) is 11.3 Å². The van der Waals surface area contributed by atoms with E-state index < -0.39 is 0 Å². The number of hydrogen-bond donors (Lipinski definition) is 0. The number of thiophene rings is 1. The molecule has 0 aliphatic carbocycles. The zero-order chi connectivity index (χ0) is 24.6. The quantitative estimate of drug-likeness (QED) is 0.263. The van der Waals surface area contributed by atoms with Gasteiger partial charge in [0.05, 0.1) is 33.5 Å². The summed E-state index contributed by atoms with van der Waals surface area (Å²) in [6, 6.07) is 20.9. The SMILES string of the molecule is COCCOc1cc2nccc(Sc3ccc(CC(=O)Cc4ccc(C#N)cc4)s3)c2cc1C#N. The van der Waals surface area contributed by atoms with Crippen molar-refractivity contribution >= 4 is 39.8 Å². The molecule has 0 unspecified atom stereocenters. The number of rotatable bonds is 10. The summed E-state index contributed by atoms with van der Waals surface area (Å²) in [5.74, 6) is 0.619. The van der Waals surface area contributed by atoms with Gasteiger partial charge in [-0.1, -0.05) is 23.9 Å². The van der Waals surface area contributed by atoms with E-state index in [0.29, 0.717) is 42.9 Å². The van der Waals surface area contributed by atoms with Gasteiger partial charge >= 0.3 is 0 Å². The maximum absolute atomic E-state index is 12.6. The van der Waals surface area contributed by atoms with Crippen LogP contribution in [0.25, 0.3) is 10.9 Å². The predicted molar refractivity (Wildman–Crippen MR) is 136 cm³/mol. The van der Waals surface area contributed by atoms with Crippen molar-refractivity contribution in [3.8, 4) is 17.9 Å². The topological polar surface area (TPSA) is 96.0 Å². The molecule has 2 aromatic heterocycles. The van der Waals surface area contributed by atoms with Gasteiger partial charge in [0, 0.05) is 47.4 Å². The van der Waals surface area contributed by atoms with Crippen molar-refractivity contribution in [3.63, 3.8) is 0 Å². The summed E-state index contributed by atoms with van der Waals surface area (Å²) in [5.41, 5.74) is 2.68. The highest BCUT2D eigenvalue weighted by molar-refractivity contribution is 8.01. The van der Waals surface area contributed by atoms with Crippen LogP contribution in [0.2, 0.25) is 0 Å². The maximum atomic E-state index is 12.6. The molecule has 0 aliphatic heterocycles. The van der Waals surface area contributed by atoms with Crippen LogP contribution in [0, 0.1) is 22.7 Å². The minimum Gasteiger partial charge on any atom is -0.490 e. The van der Waals surface area contributed by atoms with Crippen LogP contribution in [0.5, 0.6) is 5.75 Å². The number of ether oxygens (including phenoxy) is 2. The van der Waals surface area contributed by atoms with Crippen molar-refractivity contribution in [3.05, 3.63) is 82.4 Å². The third-order valence-corrected chi connectivity index (χ3v) is 7.46. The molecule has 0 radical (unpaired) electrons. The molecule has 6 nitrogen and oxygen atoms in total. The molecule has 4 rings (SSSR count). The van der Waals surface area contributed by atoms with E-state index in [1.165, 1.54) is 0 Å². The third kappa shape index (κ3) is 6.26. The molecule has 35 heavy (non-hydrogen) atoms. The number of benzene rings is 2. The standard InChI is InChI=1S/C27H21N3O3S2/c1-32-10-11-33-25-15-24-23(13-20(25)17-29)26(8-9-30-24)35-27-7-6-22(34-27)14-21(31)12-18-2-4-19(16-28)5-3-18/h2-9,13,15H,10-12,14H2,1H3. The number of nitrogens with zero attached hydrogens (tertiary/aromatic N) is 3. The molecule has 174 valence electrons. The second-order valence-corrected chi connectivity index (χ2v) is 10.2.